The van der Waals surface area contributed by atoms with Crippen molar-refractivity contribution in [2.75, 3.05) is 31.1 Å². The molecule has 1 fully saturated rings. The van der Waals surface area contributed by atoms with Crippen molar-refractivity contribution >= 4 is 21.6 Å². The van der Waals surface area contributed by atoms with Crippen LogP contribution in [0.3, 0.4) is 0 Å². The molecule has 0 radical (unpaired) electrons. The van der Waals surface area contributed by atoms with Crippen LogP contribution in [-0.2, 0) is 26.0 Å². The van der Waals surface area contributed by atoms with Gasteiger partial charge in [-0.15, -0.1) is 0 Å². The van der Waals surface area contributed by atoms with E-state index in [9.17, 15) is 13.2 Å². The van der Waals surface area contributed by atoms with Crippen molar-refractivity contribution in [3.63, 3.8) is 0 Å². The van der Waals surface area contributed by atoms with Gasteiger partial charge in [0.25, 0.3) is 0 Å². The van der Waals surface area contributed by atoms with E-state index in [0.29, 0.717) is 37.4 Å². The molecule has 1 amide bonds. The van der Waals surface area contributed by atoms with Crippen LogP contribution in [0.2, 0.25) is 0 Å². The summed E-state index contributed by atoms with van der Waals surface area (Å²) in [6.07, 6.45) is 3.07. The van der Waals surface area contributed by atoms with E-state index in [-0.39, 0.29) is 12.0 Å². The van der Waals surface area contributed by atoms with E-state index < -0.39 is 10.0 Å². The number of hydrogen-bond acceptors (Lipinski definition) is 4. The third-order valence-electron chi connectivity index (χ3n) is 5.02. The molecule has 1 atom stereocenters. The summed E-state index contributed by atoms with van der Waals surface area (Å²) < 4.78 is 32.3. The number of carbonyl (C=O) groups excluding carboxylic acids is 1. The molecule has 1 unspecified atom stereocenters. The Labute approximate surface area is 149 Å². The average Bonchev–Trinajstić information content (AvgIpc) is 3.24. The summed E-state index contributed by atoms with van der Waals surface area (Å²) in [5.41, 5.74) is 1.76. The first-order chi connectivity index (χ1) is 12.0. The van der Waals surface area contributed by atoms with E-state index in [2.05, 4.69) is 0 Å². The second-order valence-electron chi connectivity index (χ2n) is 6.51. The molecule has 0 spiro atoms. The molecule has 1 aromatic rings. The summed E-state index contributed by atoms with van der Waals surface area (Å²) in [5, 5.41) is 0. The topological polar surface area (TPSA) is 66.9 Å². The van der Waals surface area contributed by atoms with Crippen molar-refractivity contribution in [3.05, 3.63) is 23.8 Å². The van der Waals surface area contributed by atoms with E-state index in [1.807, 2.05) is 13.8 Å². The number of carbonyl (C=O) groups is 1. The normalized spacial score (nSPS) is 20.3. The summed E-state index contributed by atoms with van der Waals surface area (Å²) in [6, 6.07) is 5.11. The van der Waals surface area contributed by atoms with E-state index in [4.69, 9.17) is 4.74 Å². The van der Waals surface area contributed by atoms with Gasteiger partial charge in [0.1, 0.15) is 0 Å². The maximum absolute atomic E-state index is 12.7. The minimum absolute atomic E-state index is 0.0267. The lowest BCUT2D eigenvalue weighted by molar-refractivity contribution is -0.120. The average molecular weight is 366 g/mol. The number of sulfonamides is 1. The lowest BCUT2D eigenvalue weighted by Crippen LogP contribution is -2.32. The molecule has 0 N–H and O–H groups in total. The quantitative estimate of drug-likeness (QED) is 0.774. The van der Waals surface area contributed by atoms with Gasteiger partial charge in [0.05, 0.1) is 17.4 Å². The molecule has 0 aliphatic carbocycles. The van der Waals surface area contributed by atoms with E-state index in [1.165, 1.54) is 4.31 Å². The minimum atomic E-state index is -3.47. The van der Waals surface area contributed by atoms with Gasteiger partial charge in [-0.05, 0) is 43.0 Å². The fourth-order valence-electron chi connectivity index (χ4n) is 3.62. The van der Waals surface area contributed by atoms with Gasteiger partial charge in [-0.3, -0.25) is 4.79 Å². The Hall–Kier alpha value is -1.44. The molecule has 25 heavy (non-hydrogen) atoms. The molecule has 6 nitrogen and oxygen atoms in total. The molecule has 2 aliphatic heterocycles. The Morgan fingerprint density at radius 3 is 2.72 bits per heavy atom. The molecule has 7 heteroatoms. The van der Waals surface area contributed by atoms with Crippen LogP contribution in [0.1, 0.15) is 38.7 Å². The highest BCUT2D eigenvalue weighted by Gasteiger charge is 2.30. The summed E-state index contributed by atoms with van der Waals surface area (Å²) in [5.74, 6) is 0.0602. The van der Waals surface area contributed by atoms with Gasteiger partial charge in [0.2, 0.25) is 15.9 Å². The number of hydrogen-bond donors (Lipinski definition) is 0. The fourth-order valence-corrected chi connectivity index (χ4v) is 5.13. The Kier molecular flexibility index (Phi) is 5.46. The number of anilines is 1. The second kappa shape index (κ2) is 7.43. The zero-order valence-electron chi connectivity index (χ0n) is 14.9. The van der Waals surface area contributed by atoms with Crippen LogP contribution in [0.25, 0.3) is 0 Å². The van der Waals surface area contributed by atoms with Gasteiger partial charge in [0, 0.05) is 31.9 Å². The van der Waals surface area contributed by atoms with Gasteiger partial charge < -0.3 is 9.64 Å². The lowest BCUT2D eigenvalue weighted by Gasteiger charge is -2.21. The smallest absolute Gasteiger partial charge is 0.243 e. The highest BCUT2D eigenvalue weighted by atomic mass is 32.2. The maximum Gasteiger partial charge on any atom is 0.243 e. The zero-order valence-corrected chi connectivity index (χ0v) is 15.7. The molecule has 2 heterocycles. The minimum Gasteiger partial charge on any atom is -0.378 e. The summed E-state index contributed by atoms with van der Waals surface area (Å²) in [7, 11) is -3.47. The van der Waals surface area contributed by atoms with Crippen molar-refractivity contribution in [2.45, 2.75) is 50.5 Å². The number of benzene rings is 1. The first-order valence-electron chi connectivity index (χ1n) is 9.02. The molecule has 1 saturated heterocycles. The van der Waals surface area contributed by atoms with Crippen LogP contribution in [0.4, 0.5) is 5.69 Å². The molecule has 138 valence electrons. The number of ether oxygens (including phenoxy) is 1. The number of rotatable bonds is 6. The van der Waals surface area contributed by atoms with Crippen molar-refractivity contribution in [3.8, 4) is 0 Å². The highest BCUT2D eigenvalue weighted by molar-refractivity contribution is 7.89. The Balaban J connectivity index is 1.79. The third kappa shape index (κ3) is 3.59. The van der Waals surface area contributed by atoms with Gasteiger partial charge in [-0.2, -0.15) is 4.31 Å². The maximum atomic E-state index is 12.7. The predicted octanol–water partition coefficient (Wildman–Crippen LogP) is 2.18. The highest BCUT2D eigenvalue weighted by Crippen LogP contribution is 2.32. The molecular weight excluding hydrogens is 340 g/mol. The van der Waals surface area contributed by atoms with Crippen LogP contribution in [-0.4, -0.2) is 51.0 Å². The van der Waals surface area contributed by atoms with Crippen LogP contribution in [0.5, 0.6) is 0 Å². The van der Waals surface area contributed by atoms with Gasteiger partial charge in [-0.1, -0.05) is 13.8 Å². The van der Waals surface area contributed by atoms with Crippen LogP contribution < -0.4 is 4.90 Å². The summed E-state index contributed by atoms with van der Waals surface area (Å²) >= 11 is 0. The molecule has 0 aromatic heterocycles. The molecular formula is C18H26N2O4S. The van der Waals surface area contributed by atoms with Crippen molar-refractivity contribution in [2.24, 2.45) is 0 Å². The molecule has 3 rings (SSSR count). The molecule has 0 saturated carbocycles. The molecule has 0 bridgehead atoms. The van der Waals surface area contributed by atoms with Gasteiger partial charge in [0.15, 0.2) is 0 Å². The first kappa shape index (κ1) is 18.4. The Morgan fingerprint density at radius 2 is 2.08 bits per heavy atom. The Morgan fingerprint density at radius 1 is 1.32 bits per heavy atom. The fraction of sp³-hybridized carbons (Fsp3) is 0.611. The van der Waals surface area contributed by atoms with Crippen molar-refractivity contribution in [1.82, 2.24) is 4.31 Å². The van der Waals surface area contributed by atoms with Crippen molar-refractivity contribution in [1.29, 1.82) is 0 Å². The van der Waals surface area contributed by atoms with Gasteiger partial charge in [-0.25, -0.2) is 8.42 Å². The van der Waals surface area contributed by atoms with E-state index in [0.717, 1.165) is 30.7 Å². The van der Waals surface area contributed by atoms with Crippen LogP contribution in [0, 0.1) is 0 Å². The largest absolute Gasteiger partial charge is 0.378 e. The SMILES string of the molecule is CCN(CC)S(=O)(=O)c1ccc2c(c1)CCN2C(=O)CC1CCCO1. The monoisotopic (exact) mass is 366 g/mol. The third-order valence-corrected chi connectivity index (χ3v) is 7.06. The zero-order chi connectivity index (χ0) is 18.0. The predicted molar refractivity (Wildman–Crippen MR) is 96.2 cm³/mol. The number of nitrogens with zero attached hydrogens (tertiary/aromatic N) is 2. The standard InChI is InChI=1S/C18H26N2O4S/c1-3-19(4-2)25(22,23)16-7-8-17-14(12-16)9-10-20(17)18(21)13-15-6-5-11-24-15/h7-8,12,15H,3-6,9-11,13H2,1-2H3. The van der Waals surface area contributed by atoms with Crippen LogP contribution >= 0.6 is 0 Å². The molecule has 1 aromatic carbocycles. The summed E-state index contributed by atoms with van der Waals surface area (Å²) in [6.45, 7) is 5.90. The van der Waals surface area contributed by atoms with Crippen LogP contribution in [0.15, 0.2) is 23.1 Å². The van der Waals surface area contributed by atoms with E-state index in [1.54, 1.807) is 23.1 Å². The molecule has 2 aliphatic rings. The summed E-state index contributed by atoms with van der Waals surface area (Å²) in [4.78, 5) is 14.6. The Bertz CT molecular complexity index is 737. The number of amides is 1. The first-order valence-corrected chi connectivity index (χ1v) is 10.5. The van der Waals surface area contributed by atoms with Crippen molar-refractivity contribution < 1.29 is 17.9 Å². The van der Waals surface area contributed by atoms with Gasteiger partial charge >= 0.3 is 0 Å². The van der Waals surface area contributed by atoms with E-state index >= 15 is 0 Å². The number of fused-ring (bicyclic) bond motifs is 1. The lowest BCUT2D eigenvalue weighted by atomic mass is 10.1. The second-order valence-corrected chi connectivity index (χ2v) is 8.45.